The third-order valence-corrected chi connectivity index (χ3v) is 4.32. The van der Waals surface area contributed by atoms with Gasteiger partial charge in [-0.15, -0.1) is 0 Å². The van der Waals surface area contributed by atoms with Gasteiger partial charge in [0.2, 0.25) is 0 Å². The van der Waals surface area contributed by atoms with E-state index in [-0.39, 0.29) is 18.3 Å². The molecule has 3 heterocycles. The highest BCUT2D eigenvalue weighted by Crippen LogP contribution is 2.40. The van der Waals surface area contributed by atoms with Gasteiger partial charge in [-0.25, -0.2) is 9.38 Å². The van der Waals surface area contributed by atoms with Crippen molar-refractivity contribution in [2.45, 2.75) is 31.4 Å². The van der Waals surface area contributed by atoms with E-state index in [4.69, 9.17) is 19.0 Å². The van der Waals surface area contributed by atoms with Crippen LogP contribution in [0, 0.1) is 5.82 Å². The molecule has 0 aromatic carbocycles. The van der Waals surface area contributed by atoms with E-state index in [0.29, 0.717) is 18.7 Å². The summed E-state index contributed by atoms with van der Waals surface area (Å²) in [4.78, 5) is 21.8. The molecule has 1 aromatic rings. The Bertz CT molecular complexity index is 648. The molecule has 1 saturated heterocycles. The van der Waals surface area contributed by atoms with Crippen LogP contribution in [0.4, 0.5) is 10.2 Å². The van der Waals surface area contributed by atoms with E-state index in [2.05, 4.69) is 22.1 Å². The van der Waals surface area contributed by atoms with E-state index in [1.54, 1.807) is 4.57 Å². The van der Waals surface area contributed by atoms with Gasteiger partial charge in [0.1, 0.15) is 12.0 Å². The van der Waals surface area contributed by atoms with Crippen molar-refractivity contribution >= 4 is 30.7 Å². The molecule has 0 aliphatic carbocycles. The molecule has 0 saturated carbocycles. The predicted octanol–water partition coefficient (Wildman–Crippen LogP) is 0.975. The minimum absolute atomic E-state index is 0.0375. The number of rotatable bonds is 4. The number of aliphatic hydroxyl groups excluding tert-OH is 1. The molecule has 1 fully saturated rings. The molecule has 0 bridgehead atoms. The molecule has 2 aliphatic rings. The van der Waals surface area contributed by atoms with Gasteiger partial charge in [0.05, 0.1) is 24.6 Å². The second-order valence-electron chi connectivity index (χ2n) is 5.02. The Morgan fingerprint density at radius 1 is 1.55 bits per heavy atom. The van der Waals surface area contributed by atoms with Crippen molar-refractivity contribution in [2.75, 3.05) is 11.9 Å². The van der Waals surface area contributed by atoms with Crippen LogP contribution in [0.15, 0.2) is 11.2 Å². The maximum atomic E-state index is 13.9. The number of ether oxygens (including phenoxy) is 1. The first-order valence-corrected chi connectivity index (χ1v) is 9.20. The number of aliphatic imine (C=N–C) groups is 1. The van der Waals surface area contributed by atoms with E-state index in [1.807, 2.05) is 0 Å². The quantitative estimate of drug-likeness (QED) is 0.599. The van der Waals surface area contributed by atoms with Crippen molar-refractivity contribution in [1.82, 2.24) is 4.57 Å². The van der Waals surface area contributed by atoms with Crippen LogP contribution in [0.3, 0.4) is 0 Å². The van der Waals surface area contributed by atoms with Crippen LogP contribution in [-0.4, -0.2) is 38.5 Å². The number of hydrogen-bond donors (Lipinski definition) is 4. The van der Waals surface area contributed by atoms with Crippen LogP contribution in [0.1, 0.15) is 30.9 Å². The summed E-state index contributed by atoms with van der Waals surface area (Å²) in [6.07, 6.45) is 1.67. The van der Waals surface area contributed by atoms with Gasteiger partial charge < -0.3 is 34.0 Å². The number of aliphatic hydroxyl groups is 1. The Morgan fingerprint density at radius 3 is 3.05 bits per heavy atom. The molecule has 8 nitrogen and oxygen atoms in total. The fraction of sp³-hybridized carbons (Fsp3) is 0.545. The zero-order valence-electron chi connectivity index (χ0n) is 11.3. The molecule has 1 unspecified atom stereocenters. The largest absolute Gasteiger partial charge is 0.368 e. The average Bonchev–Trinajstić information content (AvgIpc) is 3.01. The summed E-state index contributed by atoms with van der Waals surface area (Å²) in [5, 5.41) is 12.5. The van der Waals surface area contributed by atoms with E-state index in [1.165, 1.54) is 12.5 Å². The van der Waals surface area contributed by atoms with E-state index >= 15 is 0 Å². The van der Waals surface area contributed by atoms with Crippen molar-refractivity contribution in [3.8, 4) is 0 Å². The molecule has 0 amide bonds. The molecule has 1 aromatic heterocycles. The standard InChI is InChI=1S/C11H15FN3O5PS/c12-7-3-15(10-9(7)11(16)14-5-13-10)8-2-1-6(20-8)4-19-21(17,18)22/h3,5-6,8,11,16H,1-2,4H2,(H,13,14)(H2,17,18,22)/t6-,8+,11?/m0/s1. The Hall–Kier alpha value is -0.870. The van der Waals surface area contributed by atoms with Crippen molar-refractivity contribution in [3.63, 3.8) is 0 Å². The number of nitrogens with one attached hydrogen (secondary N) is 1. The Morgan fingerprint density at radius 2 is 2.32 bits per heavy atom. The summed E-state index contributed by atoms with van der Waals surface area (Å²) in [5.41, 5.74) is 0.0759. The van der Waals surface area contributed by atoms with E-state index < -0.39 is 25.0 Å². The van der Waals surface area contributed by atoms with Gasteiger partial charge in [-0.1, -0.05) is 0 Å². The summed E-state index contributed by atoms with van der Waals surface area (Å²) in [6.45, 7) is -3.75. The zero-order chi connectivity index (χ0) is 15.9. The van der Waals surface area contributed by atoms with Gasteiger partial charge >= 0.3 is 6.72 Å². The third-order valence-electron chi connectivity index (χ3n) is 3.52. The topological polar surface area (TPSA) is 108 Å². The fourth-order valence-corrected chi connectivity index (χ4v) is 3.11. The smallest absolute Gasteiger partial charge is 0.321 e. The highest BCUT2D eigenvalue weighted by atomic mass is 32.5. The van der Waals surface area contributed by atoms with Gasteiger partial charge in [0.15, 0.2) is 12.0 Å². The van der Waals surface area contributed by atoms with Gasteiger partial charge in [-0.2, -0.15) is 0 Å². The highest BCUT2D eigenvalue weighted by Gasteiger charge is 2.33. The molecule has 4 N–H and O–H groups in total. The molecule has 3 atom stereocenters. The Balaban J connectivity index is 1.72. The van der Waals surface area contributed by atoms with Crippen LogP contribution in [0.25, 0.3) is 0 Å². The average molecular weight is 351 g/mol. The fourth-order valence-electron chi connectivity index (χ4n) is 2.57. The molecular weight excluding hydrogens is 336 g/mol. The SMILES string of the molecule is OC1N=CNc2c1c(F)cn2[C@H]1CC[C@@H](COP(O)(O)=S)O1. The maximum Gasteiger partial charge on any atom is 0.321 e. The molecular formula is C11H15FN3O5PS. The number of anilines is 1. The lowest BCUT2D eigenvalue weighted by Crippen LogP contribution is -2.18. The second-order valence-corrected chi connectivity index (χ2v) is 7.69. The van der Waals surface area contributed by atoms with Crippen molar-refractivity contribution in [2.24, 2.45) is 4.99 Å². The number of hydrogen-bond acceptors (Lipinski definition) is 6. The summed E-state index contributed by atoms with van der Waals surface area (Å²) < 4.78 is 26.0. The lowest BCUT2D eigenvalue weighted by Gasteiger charge is -2.21. The number of nitrogens with zero attached hydrogens (tertiary/aromatic N) is 2. The number of fused-ring (bicyclic) bond motifs is 1. The second kappa shape index (κ2) is 5.97. The number of aromatic nitrogens is 1. The molecule has 0 spiro atoms. The van der Waals surface area contributed by atoms with Crippen molar-refractivity contribution < 1.29 is 28.5 Å². The minimum atomic E-state index is -3.71. The van der Waals surface area contributed by atoms with Crippen LogP contribution >= 0.6 is 6.72 Å². The molecule has 2 aliphatic heterocycles. The molecule has 22 heavy (non-hydrogen) atoms. The van der Waals surface area contributed by atoms with Crippen molar-refractivity contribution in [1.29, 1.82) is 0 Å². The summed E-state index contributed by atoms with van der Waals surface area (Å²) in [5.74, 6) is -0.183. The monoisotopic (exact) mass is 351 g/mol. The molecule has 3 rings (SSSR count). The van der Waals surface area contributed by atoms with Crippen molar-refractivity contribution in [3.05, 3.63) is 17.6 Å². The Labute approximate surface area is 130 Å². The van der Waals surface area contributed by atoms with Gasteiger partial charge in [0.25, 0.3) is 0 Å². The maximum absolute atomic E-state index is 13.9. The molecule has 11 heteroatoms. The summed E-state index contributed by atoms with van der Waals surface area (Å²) >= 11 is 4.38. The lowest BCUT2D eigenvalue weighted by molar-refractivity contribution is -0.0186. The zero-order valence-corrected chi connectivity index (χ0v) is 13.0. The third kappa shape index (κ3) is 3.23. The molecule has 122 valence electrons. The van der Waals surface area contributed by atoms with Crippen LogP contribution < -0.4 is 5.32 Å². The van der Waals surface area contributed by atoms with Crippen LogP contribution in [0.2, 0.25) is 0 Å². The van der Waals surface area contributed by atoms with E-state index in [9.17, 15) is 9.50 Å². The predicted molar refractivity (Wildman–Crippen MR) is 79.3 cm³/mol. The first kappa shape index (κ1) is 16.0. The Kier molecular flexibility index (Phi) is 4.34. The highest BCUT2D eigenvalue weighted by molar-refractivity contribution is 8.06. The van der Waals surface area contributed by atoms with Crippen LogP contribution in [-0.2, 0) is 21.1 Å². The minimum Gasteiger partial charge on any atom is -0.368 e. The van der Waals surface area contributed by atoms with Crippen LogP contribution in [0.5, 0.6) is 0 Å². The summed E-state index contributed by atoms with van der Waals surface area (Å²) in [6, 6.07) is 0. The number of halogens is 1. The van der Waals surface area contributed by atoms with Gasteiger partial charge in [-0.05, 0) is 24.6 Å². The van der Waals surface area contributed by atoms with Gasteiger partial charge in [-0.3, -0.25) is 0 Å². The lowest BCUT2D eigenvalue weighted by atomic mass is 10.2. The van der Waals surface area contributed by atoms with Gasteiger partial charge in [0, 0.05) is 6.20 Å². The first-order valence-electron chi connectivity index (χ1n) is 6.57. The normalized spacial score (nSPS) is 27.7. The first-order chi connectivity index (χ1) is 10.3. The summed E-state index contributed by atoms with van der Waals surface area (Å²) in [7, 11) is 0. The van der Waals surface area contributed by atoms with E-state index in [0.717, 1.165) is 0 Å². The molecule has 0 radical (unpaired) electrons.